The van der Waals surface area contributed by atoms with Crippen molar-refractivity contribution >= 4 is 11.8 Å². The highest BCUT2D eigenvalue weighted by molar-refractivity contribution is 7.99. The summed E-state index contributed by atoms with van der Waals surface area (Å²) in [5.74, 6) is 0.284. The van der Waals surface area contributed by atoms with Crippen molar-refractivity contribution in [3.8, 4) is 0 Å². The molecule has 0 heterocycles. The number of nitrogens with two attached hydrogens (primary N) is 1. The normalized spacial score (nSPS) is 12.7. The molecule has 0 aromatic heterocycles. The van der Waals surface area contributed by atoms with Crippen molar-refractivity contribution in [2.24, 2.45) is 5.73 Å². The molecule has 1 atom stereocenters. The highest BCUT2D eigenvalue weighted by Crippen LogP contribution is 2.34. The zero-order valence-electron chi connectivity index (χ0n) is 12.1. The van der Waals surface area contributed by atoms with Gasteiger partial charge in [-0.25, -0.2) is 4.39 Å². The summed E-state index contributed by atoms with van der Waals surface area (Å²) >= 11 is 1.56. The zero-order chi connectivity index (χ0) is 14.7. The standard InChI is InChI=1S/C17H20FNS/c1-11(2)13-7-9-14(10-8-13)20-16-6-4-5-15(18)17(16)12(3)19/h4-12H,19H2,1-3H3. The summed E-state index contributed by atoms with van der Waals surface area (Å²) in [6.45, 7) is 6.15. The first-order valence-electron chi connectivity index (χ1n) is 6.81. The van der Waals surface area contributed by atoms with Gasteiger partial charge >= 0.3 is 0 Å². The molecular weight excluding hydrogens is 269 g/mol. The Kier molecular flexibility index (Phi) is 4.84. The average Bonchev–Trinajstić information content (AvgIpc) is 2.39. The van der Waals surface area contributed by atoms with E-state index in [9.17, 15) is 4.39 Å². The van der Waals surface area contributed by atoms with Crippen LogP contribution in [-0.4, -0.2) is 0 Å². The van der Waals surface area contributed by atoms with Crippen LogP contribution >= 0.6 is 11.8 Å². The van der Waals surface area contributed by atoms with E-state index in [1.807, 2.05) is 13.0 Å². The molecule has 2 rings (SSSR count). The molecule has 3 heteroatoms. The van der Waals surface area contributed by atoms with E-state index in [2.05, 4.69) is 38.1 Å². The molecule has 2 aromatic rings. The minimum absolute atomic E-state index is 0.233. The van der Waals surface area contributed by atoms with E-state index in [0.717, 1.165) is 9.79 Å². The van der Waals surface area contributed by atoms with E-state index < -0.39 is 0 Å². The molecule has 106 valence electrons. The highest BCUT2D eigenvalue weighted by atomic mass is 32.2. The molecule has 0 aliphatic heterocycles. The maximum atomic E-state index is 13.9. The van der Waals surface area contributed by atoms with Gasteiger partial charge in [-0.1, -0.05) is 43.8 Å². The number of rotatable bonds is 4. The highest BCUT2D eigenvalue weighted by Gasteiger charge is 2.13. The average molecular weight is 289 g/mol. The second-order valence-electron chi connectivity index (χ2n) is 5.27. The number of hydrogen-bond acceptors (Lipinski definition) is 2. The van der Waals surface area contributed by atoms with Crippen molar-refractivity contribution in [1.29, 1.82) is 0 Å². The molecule has 0 spiro atoms. The topological polar surface area (TPSA) is 26.0 Å². The zero-order valence-corrected chi connectivity index (χ0v) is 12.9. The Bertz CT molecular complexity index is 576. The van der Waals surface area contributed by atoms with Crippen LogP contribution in [0.4, 0.5) is 4.39 Å². The SMILES string of the molecule is CC(C)c1ccc(Sc2cccc(F)c2C(C)N)cc1. The van der Waals surface area contributed by atoms with Crippen LogP contribution in [0.2, 0.25) is 0 Å². The Balaban J connectivity index is 2.28. The van der Waals surface area contributed by atoms with Gasteiger partial charge in [0.15, 0.2) is 0 Å². The van der Waals surface area contributed by atoms with E-state index in [4.69, 9.17) is 5.73 Å². The maximum absolute atomic E-state index is 13.9. The van der Waals surface area contributed by atoms with Gasteiger partial charge < -0.3 is 5.73 Å². The smallest absolute Gasteiger partial charge is 0.129 e. The molecule has 0 aliphatic carbocycles. The number of halogens is 1. The molecule has 0 fully saturated rings. The summed E-state index contributed by atoms with van der Waals surface area (Å²) in [7, 11) is 0. The van der Waals surface area contributed by atoms with Crippen molar-refractivity contribution in [3.05, 3.63) is 59.4 Å². The fraction of sp³-hybridized carbons (Fsp3) is 0.294. The van der Waals surface area contributed by atoms with Crippen LogP contribution in [0.3, 0.4) is 0 Å². The Hall–Kier alpha value is -1.32. The second kappa shape index (κ2) is 6.42. The van der Waals surface area contributed by atoms with Crippen molar-refractivity contribution in [1.82, 2.24) is 0 Å². The minimum Gasteiger partial charge on any atom is -0.324 e. The van der Waals surface area contributed by atoms with E-state index in [1.165, 1.54) is 11.6 Å². The van der Waals surface area contributed by atoms with Gasteiger partial charge in [0.1, 0.15) is 5.82 Å². The Morgan fingerprint density at radius 1 is 1.00 bits per heavy atom. The lowest BCUT2D eigenvalue weighted by Gasteiger charge is -2.13. The van der Waals surface area contributed by atoms with Gasteiger partial charge in [0.2, 0.25) is 0 Å². The van der Waals surface area contributed by atoms with Crippen molar-refractivity contribution in [2.45, 2.75) is 42.5 Å². The van der Waals surface area contributed by atoms with Gasteiger partial charge in [-0.15, -0.1) is 0 Å². The predicted octanol–water partition coefficient (Wildman–Crippen LogP) is 5.12. The molecule has 2 N–H and O–H groups in total. The number of hydrogen-bond donors (Lipinski definition) is 1. The second-order valence-corrected chi connectivity index (χ2v) is 6.38. The van der Waals surface area contributed by atoms with Crippen molar-refractivity contribution < 1.29 is 4.39 Å². The molecule has 1 unspecified atom stereocenters. The van der Waals surface area contributed by atoms with Crippen LogP contribution in [0.5, 0.6) is 0 Å². The lowest BCUT2D eigenvalue weighted by molar-refractivity contribution is 0.585. The van der Waals surface area contributed by atoms with E-state index >= 15 is 0 Å². The van der Waals surface area contributed by atoms with Crippen molar-refractivity contribution in [2.75, 3.05) is 0 Å². The molecular formula is C17H20FNS. The van der Waals surface area contributed by atoms with E-state index in [-0.39, 0.29) is 11.9 Å². The molecule has 20 heavy (non-hydrogen) atoms. The summed E-state index contributed by atoms with van der Waals surface area (Å²) in [6.07, 6.45) is 0. The molecule has 0 saturated carbocycles. The van der Waals surface area contributed by atoms with Gasteiger partial charge in [0.25, 0.3) is 0 Å². The summed E-state index contributed by atoms with van der Waals surface area (Å²) in [6, 6.07) is 13.2. The Morgan fingerprint density at radius 3 is 2.20 bits per heavy atom. The molecule has 0 aliphatic rings. The molecule has 0 bridgehead atoms. The van der Waals surface area contributed by atoms with Crippen LogP contribution in [-0.2, 0) is 0 Å². The third-order valence-corrected chi connectivity index (χ3v) is 4.33. The van der Waals surface area contributed by atoms with Gasteiger partial charge in [0, 0.05) is 21.4 Å². The molecule has 0 radical (unpaired) electrons. The molecule has 2 aromatic carbocycles. The first kappa shape index (κ1) is 15.1. The summed E-state index contributed by atoms with van der Waals surface area (Å²) in [5.41, 5.74) is 7.77. The lowest BCUT2D eigenvalue weighted by atomic mass is 10.0. The Labute approximate surface area is 124 Å². The third kappa shape index (κ3) is 3.41. The van der Waals surface area contributed by atoms with Crippen LogP contribution in [0.25, 0.3) is 0 Å². The van der Waals surface area contributed by atoms with E-state index in [1.54, 1.807) is 17.8 Å². The first-order chi connectivity index (χ1) is 9.49. The maximum Gasteiger partial charge on any atom is 0.129 e. The summed E-state index contributed by atoms with van der Waals surface area (Å²) in [5, 5.41) is 0. The summed E-state index contributed by atoms with van der Waals surface area (Å²) < 4.78 is 13.9. The predicted molar refractivity (Wildman–Crippen MR) is 83.7 cm³/mol. The summed E-state index contributed by atoms with van der Waals surface area (Å²) in [4.78, 5) is 1.99. The van der Waals surface area contributed by atoms with Crippen LogP contribution in [0.1, 0.15) is 43.9 Å². The van der Waals surface area contributed by atoms with Crippen LogP contribution in [0.15, 0.2) is 52.3 Å². The first-order valence-corrected chi connectivity index (χ1v) is 7.62. The van der Waals surface area contributed by atoms with Gasteiger partial charge in [-0.2, -0.15) is 0 Å². The van der Waals surface area contributed by atoms with Crippen LogP contribution in [0, 0.1) is 5.82 Å². The van der Waals surface area contributed by atoms with Gasteiger partial charge in [-0.3, -0.25) is 0 Å². The minimum atomic E-state index is -0.311. The monoisotopic (exact) mass is 289 g/mol. The largest absolute Gasteiger partial charge is 0.324 e. The van der Waals surface area contributed by atoms with E-state index in [0.29, 0.717) is 11.5 Å². The van der Waals surface area contributed by atoms with Gasteiger partial charge in [0.05, 0.1) is 0 Å². The fourth-order valence-corrected chi connectivity index (χ4v) is 3.16. The molecule has 1 nitrogen and oxygen atoms in total. The molecule has 0 amide bonds. The lowest BCUT2D eigenvalue weighted by Crippen LogP contribution is -2.08. The molecule has 0 saturated heterocycles. The Morgan fingerprint density at radius 2 is 1.65 bits per heavy atom. The third-order valence-electron chi connectivity index (χ3n) is 3.24. The van der Waals surface area contributed by atoms with Crippen LogP contribution < -0.4 is 5.73 Å². The van der Waals surface area contributed by atoms with Crippen molar-refractivity contribution in [3.63, 3.8) is 0 Å². The number of benzene rings is 2. The quantitative estimate of drug-likeness (QED) is 0.845. The fourth-order valence-electron chi connectivity index (χ4n) is 2.10. The van der Waals surface area contributed by atoms with Gasteiger partial charge in [-0.05, 0) is 42.7 Å².